The molecule has 4 aromatic heterocycles. The number of nitrogens with one attached hydrogen (secondary N) is 1. The van der Waals surface area contributed by atoms with E-state index in [0.717, 1.165) is 21.0 Å². The number of carbonyl (C=O) groups excluding carboxylic acids is 1. The van der Waals surface area contributed by atoms with Crippen LogP contribution in [0.1, 0.15) is 15.4 Å². The predicted octanol–water partition coefficient (Wildman–Crippen LogP) is 3.57. The number of fused-ring (bicyclic) bond motifs is 3. The molecule has 7 heteroatoms. The normalized spacial score (nSPS) is 11.3. The Morgan fingerprint density at radius 2 is 2.24 bits per heavy atom. The van der Waals surface area contributed by atoms with Crippen molar-refractivity contribution in [2.45, 2.75) is 6.92 Å². The van der Waals surface area contributed by atoms with Gasteiger partial charge in [0.05, 0.1) is 10.4 Å². The second-order valence-corrected chi connectivity index (χ2v) is 6.49. The van der Waals surface area contributed by atoms with Crippen molar-refractivity contribution in [1.29, 1.82) is 0 Å². The van der Waals surface area contributed by atoms with Crippen LogP contribution in [0, 0.1) is 6.92 Å². The van der Waals surface area contributed by atoms with Crippen LogP contribution in [0.4, 0.5) is 5.82 Å². The molecule has 1 N–H and O–H groups in total. The number of carbonyl (C=O) groups is 1. The van der Waals surface area contributed by atoms with Gasteiger partial charge in [0.15, 0.2) is 4.96 Å². The first-order chi connectivity index (χ1) is 10.2. The minimum Gasteiger partial charge on any atom is -0.306 e. The lowest BCUT2D eigenvalue weighted by molar-refractivity contribution is 0.103. The Kier molecular flexibility index (Phi) is 2.76. The summed E-state index contributed by atoms with van der Waals surface area (Å²) in [5, 5.41) is 4.80. The van der Waals surface area contributed by atoms with Crippen LogP contribution in [0.15, 0.2) is 35.8 Å². The van der Waals surface area contributed by atoms with Gasteiger partial charge in [0.25, 0.3) is 5.91 Å². The molecule has 0 spiro atoms. The zero-order chi connectivity index (χ0) is 14.4. The van der Waals surface area contributed by atoms with Gasteiger partial charge in [-0.3, -0.25) is 9.20 Å². The molecular weight excluding hydrogens is 304 g/mol. The molecule has 0 unspecified atom stereocenters. The average Bonchev–Trinajstić information content (AvgIpc) is 3.09. The average molecular weight is 314 g/mol. The number of imidazole rings is 1. The lowest BCUT2D eigenvalue weighted by Gasteiger charge is -2.02. The quantitative estimate of drug-likeness (QED) is 0.615. The Morgan fingerprint density at radius 3 is 3.10 bits per heavy atom. The van der Waals surface area contributed by atoms with Crippen molar-refractivity contribution in [3.8, 4) is 0 Å². The van der Waals surface area contributed by atoms with Gasteiger partial charge in [0.1, 0.15) is 10.6 Å². The number of hydrogen-bond donors (Lipinski definition) is 1. The molecule has 4 rings (SSSR count). The van der Waals surface area contributed by atoms with E-state index in [-0.39, 0.29) is 5.91 Å². The molecule has 0 saturated heterocycles. The number of amides is 1. The molecule has 21 heavy (non-hydrogen) atoms. The van der Waals surface area contributed by atoms with E-state index in [2.05, 4.69) is 15.3 Å². The molecule has 0 bridgehead atoms. The first kappa shape index (κ1) is 12.5. The number of thiazole rings is 1. The molecule has 4 aromatic rings. The highest BCUT2D eigenvalue weighted by Gasteiger charge is 2.15. The molecule has 0 saturated carbocycles. The van der Waals surface area contributed by atoms with E-state index in [1.165, 1.54) is 11.3 Å². The summed E-state index contributed by atoms with van der Waals surface area (Å²) in [5.41, 5.74) is 1.84. The lowest BCUT2D eigenvalue weighted by Crippen LogP contribution is -2.11. The van der Waals surface area contributed by atoms with Gasteiger partial charge in [-0.1, -0.05) is 6.07 Å². The third-order valence-corrected chi connectivity index (χ3v) is 4.87. The van der Waals surface area contributed by atoms with Crippen LogP contribution in [0.25, 0.3) is 15.3 Å². The van der Waals surface area contributed by atoms with Crippen molar-refractivity contribution in [3.05, 3.63) is 46.4 Å². The van der Waals surface area contributed by atoms with Crippen molar-refractivity contribution in [2.24, 2.45) is 0 Å². The Morgan fingerprint density at radius 1 is 1.33 bits per heavy atom. The molecule has 0 aliphatic carbocycles. The molecule has 0 aromatic carbocycles. The smallest absolute Gasteiger partial charge is 0.267 e. The van der Waals surface area contributed by atoms with E-state index >= 15 is 0 Å². The maximum Gasteiger partial charge on any atom is 0.267 e. The molecule has 0 atom stereocenters. The van der Waals surface area contributed by atoms with Gasteiger partial charge in [-0.25, -0.2) is 9.97 Å². The number of hydrogen-bond acceptors (Lipinski definition) is 5. The Labute approximate surface area is 127 Å². The van der Waals surface area contributed by atoms with E-state index in [9.17, 15) is 4.79 Å². The van der Waals surface area contributed by atoms with E-state index in [1.54, 1.807) is 17.4 Å². The first-order valence-corrected chi connectivity index (χ1v) is 8.00. The number of aryl methyl sites for hydroxylation is 1. The number of anilines is 1. The van der Waals surface area contributed by atoms with Crippen LogP contribution in [0.2, 0.25) is 0 Å². The van der Waals surface area contributed by atoms with E-state index in [1.807, 2.05) is 41.1 Å². The number of aromatic nitrogens is 3. The fraction of sp³-hybridized carbons (Fsp3) is 0.0714. The van der Waals surface area contributed by atoms with Gasteiger partial charge >= 0.3 is 0 Å². The zero-order valence-electron chi connectivity index (χ0n) is 11.0. The Hall–Kier alpha value is -2.25. The van der Waals surface area contributed by atoms with Gasteiger partial charge in [-0.2, -0.15) is 0 Å². The summed E-state index contributed by atoms with van der Waals surface area (Å²) in [7, 11) is 0. The van der Waals surface area contributed by atoms with Crippen molar-refractivity contribution >= 4 is 49.7 Å². The lowest BCUT2D eigenvalue weighted by atomic mass is 10.3. The van der Waals surface area contributed by atoms with Crippen LogP contribution in [-0.4, -0.2) is 20.3 Å². The highest BCUT2D eigenvalue weighted by atomic mass is 32.1. The fourth-order valence-corrected chi connectivity index (χ4v) is 3.85. The number of rotatable bonds is 2. The van der Waals surface area contributed by atoms with Crippen molar-refractivity contribution in [2.75, 3.05) is 5.32 Å². The summed E-state index contributed by atoms with van der Waals surface area (Å²) < 4.78 is 2.00. The second-order valence-electron chi connectivity index (χ2n) is 4.59. The molecule has 1 amide bonds. The summed E-state index contributed by atoms with van der Waals surface area (Å²) in [6.07, 6.45) is 1.96. The SMILES string of the molecule is Cc1cccc(NC(=O)c2cc3c(nc4sccn43)s2)n1. The topological polar surface area (TPSA) is 59.3 Å². The highest BCUT2D eigenvalue weighted by Crippen LogP contribution is 2.28. The highest BCUT2D eigenvalue weighted by molar-refractivity contribution is 7.21. The third-order valence-electron chi connectivity index (χ3n) is 3.09. The number of nitrogens with zero attached hydrogens (tertiary/aromatic N) is 3. The minimum absolute atomic E-state index is 0.153. The van der Waals surface area contributed by atoms with Crippen molar-refractivity contribution in [3.63, 3.8) is 0 Å². The van der Waals surface area contributed by atoms with Crippen LogP contribution in [0.3, 0.4) is 0 Å². The maximum absolute atomic E-state index is 12.3. The molecule has 104 valence electrons. The van der Waals surface area contributed by atoms with E-state index in [0.29, 0.717) is 10.7 Å². The van der Waals surface area contributed by atoms with E-state index < -0.39 is 0 Å². The van der Waals surface area contributed by atoms with Gasteiger partial charge < -0.3 is 5.32 Å². The minimum atomic E-state index is -0.153. The van der Waals surface area contributed by atoms with Gasteiger partial charge in [-0.15, -0.1) is 22.7 Å². The summed E-state index contributed by atoms with van der Waals surface area (Å²) >= 11 is 2.98. The van der Waals surface area contributed by atoms with Gasteiger partial charge in [-0.05, 0) is 25.1 Å². The van der Waals surface area contributed by atoms with Crippen molar-refractivity contribution in [1.82, 2.24) is 14.4 Å². The monoisotopic (exact) mass is 314 g/mol. The molecule has 0 aliphatic rings. The summed E-state index contributed by atoms with van der Waals surface area (Å²) in [6.45, 7) is 1.89. The van der Waals surface area contributed by atoms with E-state index in [4.69, 9.17) is 0 Å². The first-order valence-electron chi connectivity index (χ1n) is 6.31. The molecule has 4 heterocycles. The Balaban J connectivity index is 1.68. The number of pyridine rings is 1. The molecular formula is C14H10N4OS2. The number of thiophene rings is 1. The maximum atomic E-state index is 12.3. The van der Waals surface area contributed by atoms with Crippen molar-refractivity contribution < 1.29 is 4.79 Å². The summed E-state index contributed by atoms with van der Waals surface area (Å²) in [5.74, 6) is 0.412. The standard InChI is InChI=1S/C14H10N4OS2/c1-8-3-2-4-11(15-8)16-12(19)10-7-9-13(21-10)17-14-18(9)5-6-20-14/h2-7H,1H3,(H,15,16,19). The molecule has 0 aliphatic heterocycles. The predicted molar refractivity (Wildman–Crippen MR) is 85.4 cm³/mol. The summed E-state index contributed by atoms with van der Waals surface area (Å²) in [6, 6.07) is 7.41. The van der Waals surface area contributed by atoms with Crippen LogP contribution >= 0.6 is 22.7 Å². The zero-order valence-corrected chi connectivity index (χ0v) is 12.7. The second kappa shape index (κ2) is 4.64. The van der Waals surface area contributed by atoms with Crippen LogP contribution < -0.4 is 5.32 Å². The van der Waals surface area contributed by atoms with Crippen LogP contribution in [-0.2, 0) is 0 Å². The summed E-state index contributed by atoms with van der Waals surface area (Å²) in [4.78, 5) is 23.5. The molecule has 0 fully saturated rings. The third kappa shape index (κ3) is 2.10. The van der Waals surface area contributed by atoms with Gasteiger partial charge in [0, 0.05) is 17.3 Å². The fourth-order valence-electron chi connectivity index (χ4n) is 2.15. The van der Waals surface area contributed by atoms with Gasteiger partial charge in [0.2, 0.25) is 0 Å². The van der Waals surface area contributed by atoms with Crippen LogP contribution in [0.5, 0.6) is 0 Å². The largest absolute Gasteiger partial charge is 0.306 e. The molecule has 0 radical (unpaired) electrons. The molecule has 5 nitrogen and oxygen atoms in total. The Bertz CT molecular complexity index is 966.